The number of rotatable bonds is 6. The van der Waals surface area contributed by atoms with E-state index in [1.165, 1.54) is 28.8 Å². The van der Waals surface area contributed by atoms with Gasteiger partial charge in [-0.2, -0.15) is 0 Å². The largest absolute Gasteiger partial charge is 0.375 e. The molecule has 0 radical (unpaired) electrons. The van der Waals surface area contributed by atoms with Gasteiger partial charge < -0.3 is 5.73 Å². The highest BCUT2D eigenvalue weighted by molar-refractivity contribution is 7.15. The summed E-state index contributed by atoms with van der Waals surface area (Å²) < 4.78 is 0. The maximum Gasteiger partial charge on any atom is 0.180 e. The van der Waals surface area contributed by atoms with E-state index in [1.807, 2.05) is 6.20 Å². The van der Waals surface area contributed by atoms with E-state index in [0.717, 1.165) is 19.1 Å². The van der Waals surface area contributed by atoms with Crippen molar-refractivity contribution >= 4 is 16.5 Å². The van der Waals surface area contributed by atoms with Crippen molar-refractivity contribution in [1.82, 2.24) is 9.88 Å². The first-order chi connectivity index (χ1) is 10.1. The normalized spacial score (nSPS) is 15.0. The zero-order valence-corrected chi connectivity index (χ0v) is 13.6. The van der Waals surface area contributed by atoms with Crippen LogP contribution < -0.4 is 5.73 Å². The minimum Gasteiger partial charge on any atom is -0.375 e. The first kappa shape index (κ1) is 14.5. The lowest BCUT2D eigenvalue weighted by atomic mass is 10.0. The monoisotopic (exact) mass is 301 g/mol. The molecule has 3 rings (SSSR count). The van der Waals surface area contributed by atoms with Crippen LogP contribution in [0.2, 0.25) is 0 Å². The van der Waals surface area contributed by atoms with E-state index in [1.54, 1.807) is 11.3 Å². The fraction of sp³-hybridized carbons (Fsp3) is 0.471. The number of aromatic nitrogens is 1. The minimum atomic E-state index is 0.596. The Kier molecular flexibility index (Phi) is 4.27. The van der Waals surface area contributed by atoms with E-state index in [9.17, 15) is 0 Å². The number of anilines is 1. The number of nitrogen functional groups attached to an aromatic ring is 1. The first-order valence-corrected chi connectivity index (χ1v) is 8.46. The van der Waals surface area contributed by atoms with Gasteiger partial charge in [0.1, 0.15) is 0 Å². The molecule has 1 saturated carbocycles. The van der Waals surface area contributed by atoms with Crippen molar-refractivity contribution in [1.29, 1.82) is 0 Å². The molecule has 0 unspecified atom stereocenters. The van der Waals surface area contributed by atoms with Crippen LogP contribution in [0.4, 0.5) is 5.13 Å². The number of hydrogen-bond donors (Lipinski definition) is 1. The van der Waals surface area contributed by atoms with Gasteiger partial charge in [-0.1, -0.05) is 38.1 Å². The quantitative estimate of drug-likeness (QED) is 0.876. The van der Waals surface area contributed by atoms with Crippen LogP contribution in [0.3, 0.4) is 0 Å². The lowest BCUT2D eigenvalue weighted by Crippen LogP contribution is -2.24. The summed E-state index contributed by atoms with van der Waals surface area (Å²) in [5, 5.41) is 0.669. The fourth-order valence-electron chi connectivity index (χ4n) is 2.59. The molecular weight excluding hydrogens is 278 g/mol. The second kappa shape index (κ2) is 6.16. The van der Waals surface area contributed by atoms with Gasteiger partial charge in [0.15, 0.2) is 5.13 Å². The molecule has 0 aliphatic heterocycles. The number of hydrogen-bond acceptors (Lipinski definition) is 4. The molecule has 1 aromatic heterocycles. The number of nitrogens with two attached hydrogens (primary N) is 1. The van der Waals surface area contributed by atoms with Gasteiger partial charge in [0.2, 0.25) is 0 Å². The number of nitrogens with zero attached hydrogens (tertiary/aromatic N) is 2. The van der Waals surface area contributed by atoms with Gasteiger partial charge in [0.25, 0.3) is 0 Å². The molecule has 1 aliphatic carbocycles. The van der Waals surface area contributed by atoms with Gasteiger partial charge in [0, 0.05) is 30.2 Å². The molecule has 0 saturated heterocycles. The van der Waals surface area contributed by atoms with Crippen molar-refractivity contribution in [3.05, 3.63) is 46.5 Å². The topological polar surface area (TPSA) is 42.2 Å². The highest BCUT2D eigenvalue weighted by Crippen LogP contribution is 2.31. The van der Waals surface area contributed by atoms with Crippen LogP contribution in [0.1, 0.15) is 48.6 Å². The summed E-state index contributed by atoms with van der Waals surface area (Å²) >= 11 is 1.60. The van der Waals surface area contributed by atoms with Gasteiger partial charge >= 0.3 is 0 Å². The molecule has 112 valence electrons. The molecule has 21 heavy (non-hydrogen) atoms. The van der Waals surface area contributed by atoms with Crippen LogP contribution in [-0.2, 0) is 13.1 Å². The van der Waals surface area contributed by atoms with Crippen molar-refractivity contribution in [2.24, 2.45) is 0 Å². The van der Waals surface area contributed by atoms with Crippen molar-refractivity contribution in [3.63, 3.8) is 0 Å². The average Bonchev–Trinajstić information content (AvgIpc) is 3.23. The molecule has 0 spiro atoms. The summed E-state index contributed by atoms with van der Waals surface area (Å²) in [5.41, 5.74) is 8.53. The maximum absolute atomic E-state index is 5.73. The van der Waals surface area contributed by atoms with E-state index in [0.29, 0.717) is 11.0 Å². The van der Waals surface area contributed by atoms with E-state index < -0.39 is 0 Å². The third-order valence-electron chi connectivity index (χ3n) is 4.03. The summed E-state index contributed by atoms with van der Waals surface area (Å²) in [6.07, 6.45) is 4.55. The first-order valence-electron chi connectivity index (χ1n) is 7.65. The van der Waals surface area contributed by atoms with E-state index in [-0.39, 0.29) is 0 Å². The van der Waals surface area contributed by atoms with Crippen molar-refractivity contribution in [2.45, 2.75) is 51.7 Å². The van der Waals surface area contributed by atoms with Gasteiger partial charge in [-0.3, -0.25) is 4.90 Å². The SMILES string of the molecule is CC(C)c1ccc(CN(Cc2cnc(N)s2)C2CC2)cc1. The molecule has 1 fully saturated rings. The standard InChI is InChI=1S/C17H23N3S/c1-12(2)14-5-3-13(4-6-14)10-20(15-7-8-15)11-16-9-19-17(18)21-16/h3-6,9,12,15H,7-8,10-11H2,1-2H3,(H2,18,19). The molecule has 0 atom stereocenters. The van der Waals surface area contributed by atoms with E-state index >= 15 is 0 Å². The van der Waals surface area contributed by atoms with Crippen molar-refractivity contribution < 1.29 is 0 Å². The van der Waals surface area contributed by atoms with Gasteiger partial charge in [-0.15, -0.1) is 11.3 Å². The van der Waals surface area contributed by atoms with Crippen molar-refractivity contribution in [3.8, 4) is 0 Å². The fourth-order valence-corrected chi connectivity index (χ4v) is 3.30. The Morgan fingerprint density at radius 2 is 1.95 bits per heavy atom. The Morgan fingerprint density at radius 1 is 1.24 bits per heavy atom. The number of benzene rings is 1. The maximum atomic E-state index is 5.73. The highest BCUT2D eigenvalue weighted by Gasteiger charge is 2.29. The third-order valence-corrected chi connectivity index (χ3v) is 4.84. The molecule has 2 N–H and O–H groups in total. The zero-order chi connectivity index (χ0) is 14.8. The Hall–Kier alpha value is -1.39. The molecular formula is C17H23N3S. The van der Waals surface area contributed by atoms with Crippen LogP contribution in [0, 0.1) is 0 Å². The van der Waals surface area contributed by atoms with Crippen LogP contribution in [0.25, 0.3) is 0 Å². The van der Waals surface area contributed by atoms with E-state index in [4.69, 9.17) is 5.73 Å². The second-order valence-electron chi connectivity index (χ2n) is 6.20. The highest BCUT2D eigenvalue weighted by atomic mass is 32.1. The molecule has 1 aliphatic rings. The van der Waals surface area contributed by atoms with Crippen molar-refractivity contribution in [2.75, 3.05) is 5.73 Å². The lowest BCUT2D eigenvalue weighted by Gasteiger charge is -2.21. The molecule has 4 heteroatoms. The molecule has 1 aromatic carbocycles. The summed E-state index contributed by atoms with van der Waals surface area (Å²) in [4.78, 5) is 7.97. The summed E-state index contributed by atoms with van der Waals surface area (Å²) in [6.45, 7) is 6.45. The van der Waals surface area contributed by atoms with E-state index in [2.05, 4.69) is 48.0 Å². The molecule has 1 heterocycles. The Morgan fingerprint density at radius 3 is 2.48 bits per heavy atom. The van der Waals surface area contributed by atoms with Gasteiger partial charge in [0.05, 0.1) is 0 Å². The summed E-state index contributed by atoms with van der Waals surface area (Å²) in [7, 11) is 0. The van der Waals surface area contributed by atoms with Crippen LogP contribution in [-0.4, -0.2) is 15.9 Å². The zero-order valence-electron chi connectivity index (χ0n) is 12.7. The number of thiazole rings is 1. The van der Waals surface area contributed by atoms with Gasteiger partial charge in [-0.25, -0.2) is 4.98 Å². The lowest BCUT2D eigenvalue weighted by molar-refractivity contribution is 0.248. The predicted molar refractivity (Wildman–Crippen MR) is 89.3 cm³/mol. The Bertz CT molecular complexity index is 584. The molecule has 3 nitrogen and oxygen atoms in total. The Labute approximate surface area is 130 Å². The van der Waals surface area contributed by atoms with Crippen LogP contribution in [0.5, 0.6) is 0 Å². The second-order valence-corrected chi connectivity index (χ2v) is 7.34. The predicted octanol–water partition coefficient (Wildman–Crippen LogP) is 4.01. The average molecular weight is 301 g/mol. The smallest absolute Gasteiger partial charge is 0.180 e. The molecule has 0 amide bonds. The van der Waals surface area contributed by atoms with Gasteiger partial charge in [-0.05, 0) is 29.9 Å². The third kappa shape index (κ3) is 3.83. The molecule has 2 aromatic rings. The minimum absolute atomic E-state index is 0.596. The summed E-state index contributed by atoms with van der Waals surface area (Å²) in [6, 6.07) is 9.79. The molecule has 0 bridgehead atoms. The summed E-state index contributed by atoms with van der Waals surface area (Å²) in [5.74, 6) is 0.596. The van der Waals surface area contributed by atoms with Crippen LogP contribution in [0.15, 0.2) is 30.5 Å². The Balaban J connectivity index is 1.67. The van der Waals surface area contributed by atoms with Crippen LogP contribution >= 0.6 is 11.3 Å².